The predicted octanol–water partition coefficient (Wildman–Crippen LogP) is 2.45. The molecule has 1 aromatic rings. The van der Waals surface area contributed by atoms with E-state index in [1.165, 1.54) is 0 Å². The fourth-order valence-corrected chi connectivity index (χ4v) is 1.21. The van der Waals surface area contributed by atoms with Crippen LogP contribution in [0.2, 0.25) is 0 Å². The molecule has 0 N–H and O–H groups in total. The lowest BCUT2D eigenvalue weighted by molar-refractivity contribution is 0.666. The van der Waals surface area contributed by atoms with E-state index >= 15 is 0 Å². The van der Waals surface area contributed by atoms with Gasteiger partial charge in [0, 0.05) is 0 Å². The van der Waals surface area contributed by atoms with Crippen LogP contribution >= 0.6 is 0 Å². The third-order valence-corrected chi connectivity index (χ3v) is 2.00. The van der Waals surface area contributed by atoms with Gasteiger partial charge in [-0.15, -0.1) is 0 Å². The van der Waals surface area contributed by atoms with Crippen LogP contribution in [0.25, 0.3) is 0 Å². The molecule has 2 nitrogen and oxygen atoms in total. The van der Waals surface area contributed by atoms with Crippen molar-refractivity contribution in [3.05, 3.63) is 35.9 Å². The zero-order valence-electron chi connectivity index (χ0n) is 7.44. The molecule has 0 bridgehead atoms. The first-order chi connectivity index (χ1) is 6.29. The molecule has 64 valence electrons. The summed E-state index contributed by atoms with van der Waals surface area (Å²) in [6, 6.07) is 13.6. The van der Waals surface area contributed by atoms with E-state index in [0.717, 1.165) is 5.56 Å². The maximum Gasteiger partial charge on any atom is 0.0868 e. The lowest BCUT2D eigenvalue weighted by Gasteiger charge is -2.10. The van der Waals surface area contributed by atoms with E-state index in [0.29, 0.717) is 0 Å². The van der Waals surface area contributed by atoms with Gasteiger partial charge >= 0.3 is 0 Å². The molecule has 1 aromatic carbocycles. The molecule has 2 heteroatoms. The molecule has 1 rings (SSSR count). The Bertz CT molecular complexity index is 343. The molecule has 0 aliphatic carbocycles. The van der Waals surface area contributed by atoms with Crippen LogP contribution in [0.3, 0.4) is 0 Å². The fraction of sp³-hybridized carbons (Fsp3) is 0.273. The number of rotatable bonds is 2. The minimum atomic E-state index is -0.314. The summed E-state index contributed by atoms with van der Waals surface area (Å²) in [6.45, 7) is 1.76. The maximum atomic E-state index is 8.88. The van der Waals surface area contributed by atoms with Crippen molar-refractivity contribution in [2.75, 3.05) is 0 Å². The molecular formula is C11H10N2. The summed E-state index contributed by atoms with van der Waals surface area (Å²) in [7, 11) is 0. The van der Waals surface area contributed by atoms with Crippen LogP contribution in [0.1, 0.15) is 18.4 Å². The van der Waals surface area contributed by atoms with Crippen molar-refractivity contribution in [2.45, 2.75) is 12.8 Å². The summed E-state index contributed by atoms with van der Waals surface area (Å²) in [5, 5.41) is 17.6. The molecule has 0 aromatic heterocycles. The Labute approximate surface area is 78.0 Å². The monoisotopic (exact) mass is 170 g/mol. The first kappa shape index (κ1) is 9.29. The lowest BCUT2D eigenvalue weighted by atomic mass is 9.90. The molecule has 13 heavy (non-hydrogen) atoms. The quantitative estimate of drug-likeness (QED) is 0.684. The van der Waals surface area contributed by atoms with E-state index in [1.54, 1.807) is 6.92 Å². The predicted molar refractivity (Wildman–Crippen MR) is 49.6 cm³/mol. The van der Waals surface area contributed by atoms with E-state index in [2.05, 4.69) is 12.1 Å². The molecule has 0 unspecified atom stereocenters. The Balaban J connectivity index is 2.95. The van der Waals surface area contributed by atoms with Crippen LogP contribution in [0.4, 0.5) is 0 Å². The Hall–Kier alpha value is -1.80. The fourth-order valence-electron chi connectivity index (χ4n) is 1.21. The minimum Gasteiger partial charge on any atom is -0.198 e. The largest absolute Gasteiger partial charge is 0.198 e. The number of hydrogen-bond donors (Lipinski definition) is 0. The topological polar surface area (TPSA) is 47.6 Å². The van der Waals surface area contributed by atoms with Crippen molar-refractivity contribution in [1.29, 1.82) is 10.5 Å². The molecule has 0 spiro atoms. The number of nitrogens with zero attached hydrogens (tertiary/aromatic N) is 2. The Morgan fingerprint density at radius 1 is 1.08 bits per heavy atom. The van der Waals surface area contributed by atoms with E-state index in [-0.39, 0.29) is 11.8 Å². The van der Waals surface area contributed by atoms with Crippen molar-refractivity contribution in [2.24, 2.45) is 5.92 Å². The SMILES string of the molecule is C[C@H](C#N)[C@H](C#N)c1ccccc1. The normalized spacial score (nSPS) is 13.8. The highest BCUT2D eigenvalue weighted by Gasteiger charge is 2.17. The molecule has 2 atom stereocenters. The van der Waals surface area contributed by atoms with Crippen LogP contribution in [0, 0.1) is 28.6 Å². The van der Waals surface area contributed by atoms with Crippen LogP contribution < -0.4 is 0 Å². The molecule has 0 fully saturated rings. The summed E-state index contributed by atoms with van der Waals surface area (Å²) in [4.78, 5) is 0. The zero-order chi connectivity index (χ0) is 9.68. The first-order valence-corrected chi connectivity index (χ1v) is 4.13. The summed E-state index contributed by atoms with van der Waals surface area (Å²) in [5.41, 5.74) is 0.916. The number of hydrogen-bond acceptors (Lipinski definition) is 2. The van der Waals surface area contributed by atoms with Gasteiger partial charge in [-0.3, -0.25) is 0 Å². The van der Waals surface area contributed by atoms with Crippen molar-refractivity contribution >= 4 is 0 Å². The van der Waals surface area contributed by atoms with E-state index in [4.69, 9.17) is 10.5 Å². The standard InChI is InChI=1S/C11H10N2/c1-9(7-12)11(8-13)10-5-3-2-4-6-10/h2-6,9,11H,1H3/t9-,11+/m1/s1. The molecule has 0 radical (unpaired) electrons. The maximum absolute atomic E-state index is 8.88. The molecular weight excluding hydrogens is 160 g/mol. The van der Waals surface area contributed by atoms with Crippen LogP contribution in [-0.4, -0.2) is 0 Å². The minimum absolute atomic E-state index is 0.257. The van der Waals surface area contributed by atoms with Crippen LogP contribution in [-0.2, 0) is 0 Å². The lowest BCUT2D eigenvalue weighted by Crippen LogP contribution is -2.05. The second-order valence-electron chi connectivity index (χ2n) is 2.94. The second-order valence-corrected chi connectivity index (χ2v) is 2.94. The second kappa shape index (κ2) is 4.28. The van der Waals surface area contributed by atoms with Crippen molar-refractivity contribution < 1.29 is 0 Å². The highest BCUT2D eigenvalue weighted by Crippen LogP contribution is 2.22. The third-order valence-electron chi connectivity index (χ3n) is 2.00. The van der Waals surface area contributed by atoms with Crippen LogP contribution in [0.15, 0.2) is 30.3 Å². The summed E-state index contributed by atoms with van der Waals surface area (Å²) < 4.78 is 0. The smallest absolute Gasteiger partial charge is 0.0868 e. The van der Waals surface area contributed by atoms with Gasteiger partial charge in [-0.1, -0.05) is 30.3 Å². The van der Waals surface area contributed by atoms with Crippen LogP contribution in [0.5, 0.6) is 0 Å². The van der Waals surface area contributed by atoms with Gasteiger partial charge in [0.05, 0.1) is 24.0 Å². The summed E-state index contributed by atoms with van der Waals surface area (Å²) in [5.74, 6) is -0.571. The van der Waals surface area contributed by atoms with Gasteiger partial charge < -0.3 is 0 Å². The molecule has 0 amide bonds. The van der Waals surface area contributed by atoms with E-state index < -0.39 is 0 Å². The molecule has 0 aliphatic rings. The van der Waals surface area contributed by atoms with Crippen molar-refractivity contribution in [3.63, 3.8) is 0 Å². The van der Waals surface area contributed by atoms with Gasteiger partial charge in [-0.2, -0.15) is 10.5 Å². The van der Waals surface area contributed by atoms with Gasteiger partial charge in [0.15, 0.2) is 0 Å². The van der Waals surface area contributed by atoms with Gasteiger partial charge in [0.25, 0.3) is 0 Å². The zero-order valence-corrected chi connectivity index (χ0v) is 7.44. The Morgan fingerprint density at radius 2 is 1.69 bits per heavy atom. The molecule has 0 aliphatic heterocycles. The van der Waals surface area contributed by atoms with Gasteiger partial charge in [0.2, 0.25) is 0 Å². The first-order valence-electron chi connectivity index (χ1n) is 4.13. The third kappa shape index (κ3) is 2.07. The Kier molecular flexibility index (Phi) is 3.06. The number of benzene rings is 1. The average molecular weight is 170 g/mol. The Morgan fingerprint density at radius 3 is 2.15 bits per heavy atom. The van der Waals surface area contributed by atoms with Gasteiger partial charge in [-0.25, -0.2) is 0 Å². The highest BCUT2D eigenvalue weighted by molar-refractivity contribution is 5.27. The highest BCUT2D eigenvalue weighted by atomic mass is 14.3. The van der Waals surface area contributed by atoms with Gasteiger partial charge in [-0.05, 0) is 12.5 Å². The van der Waals surface area contributed by atoms with Crippen molar-refractivity contribution in [1.82, 2.24) is 0 Å². The molecule has 0 heterocycles. The summed E-state index contributed by atoms with van der Waals surface area (Å²) in [6.07, 6.45) is 0. The average Bonchev–Trinajstić information content (AvgIpc) is 2.20. The number of nitriles is 2. The van der Waals surface area contributed by atoms with E-state index in [9.17, 15) is 0 Å². The molecule has 0 saturated heterocycles. The van der Waals surface area contributed by atoms with Gasteiger partial charge in [0.1, 0.15) is 0 Å². The van der Waals surface area contributed by atoms with Crippen molar-refractivity contribution in [3.8, 4) is 12.1 Å². The van der Waals surface area contributed by atoms with E-state index in [1.807, 2.05) is 30.3 Å². The summed E-state index contributed by atoms with van der Waals surface area (Å²) >= 11 is 0. The molecule has 0 saturated carbocycles.